The SMILES string of the molecule is CCOC(=O)[C@@H]1C[C@H]2C[C@@H](Oc3cc(-n4cccc4)ccc3-c3nn[nH]n3)CC[C@H]2CN1C(=O)OC(C)(C)C. The summed E-state index contributed by atoms with van der Waals surface area (Å²) in [5.74, 6) is 1.22. The van der Waals surface area contributed by atoms with Crippen LogP contribution >= 0.6 is 0 Å². The van der Waals surface area contributed by atoms with E-state index >= 15 is 0 Å². The third-order valence-electron chi connectivity index (χ3n) is 7.36. The summed E-state index contributed by atoms with van der Waals surface area (Å²) >= 11 is 0. The summed E-state index contributed by atoms with van der Waals surface area (Å²) in [6, 6.07) is 9.19. The molecule has 5 rings (SSSR count). The second-order valence-corrected chi connectivity index (χ2v) is 11.2. The van der Waals surface area contributed by atoms with Crippen molar-refractivity contribution in [2.24, 2.45) is 11.8 Å². The molecule has 2 aromatic heterocycles. The number of piperidine rings is 1. The molecule has 0 radical (unpaired) electrons. The van der Waals surface area contributed by atoms with Gasteiger partial charge in [0.1, 0.15) is 17.4 Å². The summed E-state index contributed by atoms with van der Waals surface area (Å²) in [6.45, 7) is 7.98. The highest BCUT2D eigenvalue weighted by atomic mass is 16.6. The van der Waals surface area contributed by atoms with Gasteiger partial charge < -0.3 is 18.8 Å². The highest BCUT2D eigenvalue weighted by Crippen LogP contribution is 2.42. The number of likely N-dealkylation sites (tertiary alicyclic amines) is 1. The fourth-order valence-corrected chi connectivity index (χ4v) is 5.61. The summed E-state index contributed by atoms with van der Waals surface area (Å²) < 4.78 is 19.6. The fourth-order valence-electron chi connectivity index (χ4n) is 5.61. The smallest absolute Gasteiger partial charge is 0.411 e. The van der Waals surface area contributed by atoms with Gasteiger partial charge in [0.25, 0.3) is 0 Å². The Labute approximate surface area is 227 Å². The van der Waals surface area contributed by atoms with Crippen LogP contribution in [0.3, 0.4) is 0 Å². The molecular formula is C28H36N6O5. The third-order valence-corrected chi connectivity index (χ3v) is 7.36. The summed E-state index contributed by atoms with van der Waals surface area (Å²) in [5.41, 5.74) is 1.07. The van der Waals surface area contributed by atoms with Crippen molar-refractivity contribution in [3.05, 3.63) is 42.7 Å². The number of esters is 1. The van der Waals surface area contributed by atoms with Crippen molar-refractivity contribution in [1.82, 2.24) is 30.1 Å². The highest BCUT2D eigenvalue weighted by molar-refractivity contribution is 5.82. The molecule has 1 N–H and O–H groups in total. The zero-order valence-corrected chi connectivity index (χ0v) is 22.9. The Bertz CT molecular complexity index is 1270. The van der Waals surface area contributed by atoms with Crippen molar-refractivity contribution in [2.75, 3.05) is 13.2 Å². The van der Waals surface area contributed by atoms with E-state index in [0.717, 1.165) is 30.5 Å². The average Bonchev–Trinajstić information content (AvgIpc) is 3.62. The van der Waals surface area contributed by atoms with Gasteiger partial charge in [-0.1, -0.05) is 0 Å². The molecule has 11 nitrogen and oxygen atoms in total. The van der Waals surface area contributed by atoms with Crippen molar-refractivity contribution < 1.29 is 23.8 Å². The van der Waals surface area contributed by atoms with Crippen molar-refractivity contribution in [2.45, 2.75) is 71.1 Å². The predicted molar refractivity (Wildman–Crippen MR) is 142 cm³/mol. The number of H-pyrrole nitrogens is 1. The first-order chi connectivity index (χ1) is 18.7. The molecule has 1 aliphatic heterocycles. The Morgan fingerprint density at radius 1 is 1.10 bits per heavy atom. The van der Waals surface area contributed by atoms with E-state index in [1.54, 1.807) is 11.8 Å². The Morgan fingerprint density at radius 3 is 2.59 bits per heavy atom. The number of hydrogen-bond acceptors (Lipinski definition) is 8. The van der Waals surface area contributed by atoms with E-state index in [4.69, 9.17) is 14.2 Å². The number of amides is 1. The van der Waals surface area contributed by atoms with Crippen LogP contribution in [0, 0.1) is 11.8 Å². The lowest BCUT2D eigenvalue weighted by molar-refractivity contribution is -0.153. The van der Waals surface area contributed by atoms with Gasteiger partial charge in [0.15, 0.2) is 0 Å². The molecule has 1 saturated carbocycles. The molecule has 1 saturated heterocycles. The minimum absolute atomic E-state index is 0.0623. The Kier molecular flexibility index (Phi) is 7.58. The lowest BCUT2D eigenvalue weighted by atomic mass is 9.72. The third kappa shape index (κ3) is 6.07. The number of nitrogens with zero attached hydrogens (tertiary/aromatic N) is 5. The number of ether oxygens (including phenoxy) is 3. The van der Waals surface area contributed by atoms with E-state index in [1.807, 2.05) is 68.1 Å². The van der Waals surface area contributed by atoms with Crippen LogP contribution in [-0.2, 0) is 14.3 Å². The van der Waals surface area contributed by atoms with Crippen molar-refractivity contribution in [1.29, 1.82) is 0 Å². The predicted octanol–water partition coefficient (Wildman–Crippen LogP) is 4.39. The van der Waals surface area contributed by atoms with Crippen molar-refractivity contribution in [3.8, 4) is 22.8 Å². The highest BCUT2D eigenvalue weighted by Gasteiger charge is 2.46. The first kappa shape index (κ1) is 26.7. The van der Waals surface area contributed by atoms with Crippen LogP contribution in [0.2, 0.25) is 0 Å². The van der Waals surface area contributed by atoms with E-state index < -0.39 is 17.7 Å². The average molecular weight is 537 g/mol. The van der Waals surface area contributed by atoms with E-state index in [1.165, 1.54) is 0 Å². The normalized spacial score (nSPS) is 23.1. The Morgan fingerprint density at radius 2 is 1.90 bits per heavy atom. The Balaban J connectivity index is 1.35. The maximum atomic E-state index is 13.0. The number of tetrazole rings is 1. The summed E-state index contributed by atoms with van der Waals surface area (Å²) in [4.78, 5) is 27.5. The number of carbonyl (C=O) groups is 2. The molecule has 208 valence electrons. The van der Waals surface area contributed by atoms with Crippen molar-refractivity contribution in [3.63, 3.8) is 0 Å². The van der Waals surface area contributed by atoms with Gasteiger partial charge in [-0.3, -0.25) is 4.90 Å². The molecule has 3 heterocycles. The molecule has 4 atom stereocenters. The molecule has 11 heteroatoms. The second kappa shape index (κ2) is 11.1. The van der Waals surface area contributed by atoms with Gasteiger partial charge in [0.05, 0.1) is 18.3 Å². The lowest BCUT2D eigenvalue weighted by Crippen LogP contribution is -2.56. The Hall–Kier alpha value is -3.89. The largest absolute Gasteiger partial charge is 0.490 e. The molecule has 0 unspecified atom stereocenters. The van der Waals surface area contributed by atoms with Crippen LogP contribution in [0.5, 0.6) is 5.75 Å². The van der Waals surface area contributed by atoms with Crippen LogP contribution in [0.4, 0.5) is 4.79 Å². The second-order valence-electron chi connectivity index (χ2n) is 11.2. The van der Waals surface area contributed by atoms with Gasteiger partial charge in [-0.25, -0.2) is 9.59 Å². The van der Waals surface area contributed by atoms with Crippen LogP contribution in [-0.4, -0.2) is 73.1 Å². The van der Waals surface area contributed by atoms with Gasteiger partial charge in [0, 0.05) is 30.7 Å². The molecule has 1 amide bonds. The number of nitrogens with one attached hydrogen (secondary N) is 1. The van der Waals surface area contributed by atoms with E-state index in [-0.39, 0.29) is 30.5 Å². The van der Waals surface area contributed by atoms with Crippen LogP contribution in [0.15, 0.2) is 42.7 Å². The standard InChI is InChI=1S/C28H36N6O5/c1-5-37-26(35)23-15-19-14-21(10-8-18(19)17-34(23)27(36)39-28(2,3)4)38-24-16-20(33-12-6-7-13-33)9-11-22(24)25-29-31-32-30-25/h6-7,9,11-13,16,18-19,21,23H,5,8,10,14-15,17H2,1-4H3,(H,29,30,31,32)/t18-,19+,21-,23-/m0/s1. The molecule has 2 aliphatic rings. The topological polar surface area (TPSA) is 124 Å². The number of benzene rings is 1. The molecule has 3 aromatic rings. The van der Waals surface area contributed by atoms with Crippen LogP contribution in [0.1, 0.15) is 53.4 Å². The molecule has 0 bridgehead atoms. The van der Waals surface area contributed by atoms with Crippen LogP contribution < -0.4 is 4.74 Å². The molecule has 0 spiro atoms. The maximum absolute atomic E-state index is 13.0. The first-order valence-corrected chi connectivity index (χ1v) is 13.6. The van der Waals surface area contributed by atoms with E-state index in [9.17, 15) is 9.59 Å². The molecular weight excluding hydrogens is 500 g/mol. The number of carbonyl (C=O) groups excluding carboxylic acids is 2. The van der Waals surface area contributed by atoms with Gasteiger partial charge >= 0.3 is 12.1 Å². The van der Waals surface area contributed by atoms with Gasteiger partial charge in [-0.15, -0.1) is 10.2 Å². The van der Waals surface area contributed by atoms with Gasteiger partial charge in [-0.05, 0) is 94.7 Å². The molecule has 1 aliphatic carbocycles. The van der Waals surface area contributed by atoms with Crippen molar-refractivity contribution >= 4 is 12.1 Å². The number of hydrogen-bond donors (Lipinski definition) is 1. The quantitative estimate of drug-likeness (QED) is 0.460. The minimum atomic E-state index is -0.674. The minimum Gasteiger partial charge on any atom is -0.490 e. The zero-order chi connectivity index (χ0) is 27.6. The molecule has 1 aromatic carbocycles. The van der Waals surface area contributed by atoms with Gasteiger partial charge in [-0.2, -0.15) is 5.21 Å². The maximum Gasteiger partial charge on any atom is 0.411 e. The summed E-state index contributed by atoms with van der Waals surface area (Å²) in [5, 5.41) is 14.5. The van der Waals surface area contributed by atoms with Crippen LogP contribution in [0.25, 0.3) is 17.1 Å². The van der Waals surface area contributed by atoms with E-state index in [2.05, 4.69) is 20.6 Å². The molecule has 39 heavy (non-hydrogen) atoms. The van der Waals surface area contributed by atoms with E-state index in [0.29, 0.717) is 24.5 Å². The number of aromatic amines is 1. The van der Waals surface area contributed by atoms with Gasteiger partial charge in [0.2, 0.25) is 5.82 Å². The first-order valence-electron chi connectivity index (χ1n) is 13.6. The summed E-state index contributed by atoms with van der Waals surface area (Å²) in [7, 11) is 0. The lowest BCUT2D eigenvalue weighted by Gasteiger charge is -2.46. The number of fused-ring (bicyclic) bond motifs is 1. The number of aromatic nitrogens is 5. The molecule has 2 fully saturated rings. The zero-order valence-electron chi connectivity index (χ0n) is 22.9. The summed E-state index contributed by atoms with van der Waals surface area (Å²) in [6.07, 6.45) is 6.41. The monoisotopic (exact) mass is 536 g/mol. The number of rotatable bonds is 6. The fraction of sp³-hybridized carbons (Fsp3) is 0.536.